The van der Waals surface area contributed by atoms with Gasteiger partial charge in [0.2, 0.25) is 11.8 Å². The molecule has 0 spiro atoms. The first-order valence-corrected chi connectivity index (χ1v) is 8.21. The minimum atomic E-state index is -0.244. The number of hydrogen-bond acceptors (Lipinski definition) is 3. The second kappa shape index (κ2) is 9.03. The van der Waals surface area contributed by atoms with Gasteiger partial charge in [-0.15, -0.1) is 0 Å². The number of carbonyl (C=O) groups is 2. The first-order valence-electron chi connectivity index (χ1n) is 8.21. The molecule has 0 aromatic rings. The minimum Gasteiger partial charge on any atom is -0.347 e. The molecule has 2 atom stereocenters. The highest BCUT2D eigenvalue weighted by molar-refractivity contribution is 5.88. The van der Waals surface area contributed by atoms with Crippen LogP contribution in [-0.2, 0) is 9.59 Å². The summed E-state index contributed by atoms with van der Waals surface area (Å²) in [5.41, 5.74) is 5.64. The average Bonchev–Trinajstić information content (AvgIpc) is 2.93. The molecule has 122 valence electrons. The maximum Gasteiger partial charge on any atom is 0.244 e. The van der Waals surface area contributed by atoms with Crippen LogP contribution >= 0.6 is 0 Å². The van der Waals surface area contributed by atoms with Crippen molar-refractivity contribution < 1.29 is 9.59 Å². The largest absolute Gasteiger partial charge is 0.347 e. The first kappa shape index (κ1) is 18.0. The van der Waals surface area contributed by atoms with E-state index in [9.17, 15) is 9.59 Å². The molecule has 0 radical (unpaired) electrons. The molecule has 0 aliphatic carbocycles. The smallest absolute Gasteiger partial charge is 0.244 e. The lowest BCUT2D eigenvalue weighted by Crippen LogP contribution is -2.45. The molecule has 2 N–H and O–H groups in total. The Morgan fingerprint density at radius 1 is 1.29 bits per heavy atom. The van der Waals surface area contributed by atoms with Crippen LogP contribution in [0.25, 0.3) is 0 Å². The highest BCUT2D eigenvalue weighted by Gasteiger charge is 2.34. The van der Waals surface area contributed by atoms with Crippen LogP contribution < -0.4 is 5.73 Å². The molecular weight excluding hydrogens is 266 g/mol. The zero-order chi connectivity index (χ0) is 15.8. The molecule has 1 heterocycles. The van der Waals surface area contributed by atoms with Gasteiger partial charge in [0.15, 0.2) is 0 Å². The monoisotopic (exact) mass is 297 g/mol. The maximum atomic E-state index is 12.4. The lowest BCUT2D eigenvalue weighted by molar-refractivity contribution is -0.142. The summed E-state index contributed by atoms with van der Waals surface area (Å²) in [6.45, 7) is 3.57. The molecule has 2 amide bonds. The summed E-state index contributed by atoms with van der Waals surface area (Å²) in [6, 6.07) is -0.244. The lowest BCUT2D eigenvalue weighted by atomic mass is 9.94. The van der Waals surface area contributed by atoms with Gasteiger partial charge in [-0.1, -0.05) is 19.8 Å². The quantitative estimate of drug-likeness (QED) is 0.740. The Bertz CT molecular complexity index is 338. The van der Waals surface area contributed by atoms with Gasteiger partial charge in [0, 0.05) is 27.1 Å². The second-order valence-electron chi connectivity index (χ2n) is 6.25. The van der Waals surface area contributed by atoms with Gasteiger partial charge in [0.1, 0.15) is 6.04 Å². The summed E-state index contributed by atoms with van der Waals surface area (Å²) in [6.07, 6.45) is 6.41. The first-order chi connectivity index (χ1) is 10.0. The van der Waals surface area contributed by atoms with E-state index in [4.69, 9.17) is 5.73 Å². The third kappa shape index (κ3) is 5.30. The Morgan fingerprint density at radius 3 is 2.57 bits per heavy atom. The van der Waals surface area contributed by atoms with Crippen LogP contribution in [0.2, 0.25) is 0 Å². The molecule has 0 aromatic heterocycles. The van der Waals surface area contributed by atoms with Gasteiger partial charge in [-0.25, -0.2) is 0 Å². The van der Waals surface area contributed by atoms with Gasteiger partial charge in [-0.05, 0) is 38.1 Å². The fourth-order valence-corrected chi connectivity index (χ4v) is 3.17. The molecule has 1 saturated heterocycles. The van der Waals surface area contributed by atoms with Crippen LogP contribution in [0.3, 0.4) is 0 Å². The van der Waals surface area contributed by atoms with Crippen molar-refractivity contribution in [2.45, 2.75) is 57.9 Å². The normalized spacial score (nSPS) is 19.6. The van der Waals surface area contributed by atoms with Crippen LogP contribution in [0.4, 0.5) is 0 Å². The number of nitrogens with zero attached hydrogens (tertiary/aromatic N) is 2. The predicted octanol–water partition coefficient (Wildman–Crippen LogP) is 1.61. The maximum absolute atomic E-state index is 12.4. The minimum absolute atomic E-state index is 0.0490. The Morgan fingerprint density at radius 2 is 2.00 bits per heavy atom. The SMILES string of the molecule is CCCC(CCN)CCC(=O)N1CCCC1C(=O)N(C)C. The van der Waals surface area contributed by atoms with Crippen molar-refractivity contribution in [2.75, 3.05) is 27.2 Å². The molecule has 0 bridgehead atoms. The number of nitrogens with two attached hydrogens (primary N) is 1. The molecular formula is C16H31N3O2. The molecule has 1 rings (SSSR count). The number of hydrogen-bond donors (Lipinski definition) is 1. The molecule has 1 aliphatic rings. The van der Waals surface area contributed by atoms with E-state index >= 15 is 0 Å². The van der Waals surface area contributed by atoms with E-state index in [1.165, 1.54) is 0 Å². The van der Waals surface area contributed by atoms with Crippen molar-refractivity contribution >= 4 is 11.8 Å². The van der Waals surface area contributed by atoms with Gasteiger partial charge < -0.3 is 15.5 Å². The standard InChI is InChI=1S/C16H31N3O2/c1-4-6-13(10-11-17)8-9-15(20)19-12-5-7-14(19)16(21)18(2)3/h13-14H,4-12,17H2,1-3H3. The van der Waals surface area contributed by atoms with Crippen molar-refractivity contribution in [1.82, 2.24) is 9.80 Å². The molecule has 1 fully saturated rings. The van der Waals surface area contributed by atoms with Crippen molar-refractivity contribution in [1.29, 1.82) is 0 Å². The molecule has 0 saturated carbocycles. The topological polar surface area (TPSA) is 66.6 Å². The Hall–Kier alpha value is -1.10. The van der Waals surface area contributed by atoms with Gasteiger partial charge in [-0.2, -0.15) is 0 Å². The van der Waals surface area contributed by atoms with Gasteiger partial charge in [0.25, 0.3) is 0 Å². The van der Waals surface area contributed by atoms with Crippen LogP contribution in [0.1, 0.15) is 51.9 Å². The predicted molar refractivity (Wildman–Crippen MR) is 84.7 cm³/mol. The van der Waals surface area contributed by atoms with E-state index < -0.39 is 0 Å². The van der Waals surface area contributed by atoms with Crippen LogP contribution in [0.15, 0.2) is 0 Å². The fraction of sp³-hybridized carbons (Fsp3) is 0.875. The highest BCUT2D eigenvalue weighted by atomic mass is 16.2. The third-order valence-electron chi connectivity index (χ3n) is 4.34. The number of likely N-dealkylation sites (N-methyl/N-ethyl adjacent to an activating group) is 1. The van der Waals surface area contributed by atoms with Crippen molar-refractivity contribution in [3.8, 4) is 0 Å². The Labute approximate surface area is 128 Å². The number of rotatable bonds is 8. The van der Waals surface area contributed by atoms with E-state index in [2.05, 4.69) is 6.92 Å². The van der Waals surface area contributed by atoms with Crippen LogP contribution in [-0.4, -0.2) is 54.8 Å². The number of amides is 2. The van der Waals surface area contributed by atoms with E-state index in [1.807, 2.05) is 0 Å². The molecule has 5 heteroatoms. The van der Waals surface area contributed by atoms with Gasteiger partial charge in [-0.3, -0.25) is 9.59 Å². The van der Waals surface area contributed by atoms with E-state index in [-0.39, 0.29) is 17.9 Å². The molecule has 21 heavy (non-hydrogen) atoms. The van der Waals surface area contributed by atoms with Crippen molar-refractivity contribution in [3.63, 3.8) is 0 Å². The van der Waals surface area contributed by atoms with Gasteiger partial charge in [0.05, 0.1) is 0 Å². The second-order valence-corrected chi connectivity index (χ2v) is 6.25. The van der Waals surface area contributed by atoms with Crippen molar-refractivity contribution in [2.24, 2.45) is 11.7 Å². The zero-order valence-corrected chi connectivity index (χ0v) is 13.8. The fourth-order valence-electron chi connectivity index (χ4n) is 3.17. The number of likely N-dealkylation sites (tertiary alicyclic amines) is 1. The summed E-state index contributed by atoms with van der Waals surface area (Å²) in [5.74, 6) is 0.716. The third-order valence-corrected chi connectivity index (χ3v) is 4.34. The lowest BCUT2D eigenvalue weighted by Gasteiger charge is -2.27. The van der Waals surface area contributed by atoms with Crippen LogP contribution in [0, 0.1) is 5.92 Å². The molecule has 5 nitrogen and oxygen atoms in total. The van der Waals surface area contributed by atoms with E-state index in [0.29, 0.717) is 18.9 Å². The van der Waals surface area contributed by atoms with Crippen molar-refractivity contribution in [3.05, 3.63) is 0 Å². The summed E-state index contributed by atoms with van der Waals surface area (Å²) in [4.78, 5) is 27.9. The molecule has 1 aliphatic heterocycles. The van der Waals surface area contributed by atoms with E-state index in [0.717, 1.165) is 45.1 Å². The highest BCUT2D eigenvalue weighted by Crippen LogP contribution is 2.23. The molecule has 2 unspecified atom stereocenters. The molecule has 0 aromatic carbocycles. The Kier molecular flexibility index (Phi) is 7.72. The summed E-state index contributed by atoms with van der Waals surface area (Å²) >= 11 is 0. The summed E-state index contributed by atoms with van der Waals surface area (Å²) < 4.78 is 0. The van der Waals surface area contributed by atoms with Crippen LogP contribution in [0.5, 0.6) is 0 Å². The summed E-state index contributed by atoms with van der Waals surface area (Å²) in [7, 11) is 3.50. The summed E-state index contributed by atoms with van der Waals surface area (Å²) in [5, 5.41) is 0. The van der Waals surface area contributed by atoms with E-state index in [1.54, 1.807) is 23.9 Å². The van der Waals surface area contributed by atoms with Gasteiger partial charge >= 0.3 is 0 Å². The average molecular weight is 297 g/mol. The zero-order valence-electron chi connectivity index (χ0n) is 13.8. The Balaban J connectivity index is 2.51. The number of carbonyl (C=O) groups excluding carboxylic acids is 2.